The monoisotopic (exact) mass is 371 g/mol. The van der Waals surface area contributed by atoms with Crippen LogP contribution in [0.1, 0.15) is 17.5 Å². The van der Waals surface area contributed by atoms with E-state index >= 15 is 0 Å². The minimum absolute atomic E-state index is 0.0398. The van der Waals surface area contributed by atoms with Crippen molar-refractivity contribution in [1.29, 1.82) is 0 Å². The highest BCUT2D eigenvalue weighted by molar-refractivity contribution is 6.01. The lowest BCUT2D eigenvalue weighted by Gasteiger charge is -2.16. The summed E-state index contributed by atoms with van der Waals surface area (Å²) < 4.78 is 0. The molecular formula is C23H21N3O2. The fraction of sp³-hybridized carbons (Fsp3) is 0.174. The van der Waals surface area contributed by atoms with Gasteiger partial charge in [0.1, 0.15) is 0 Å². The van der Waals surface area contributed by atoms with Crippen LogP contribution in [0.25, 0.3) is 10.8 Å². The first-order valence-corrected chi connectivity index (χ1v) is 9.29. The Kier molecular flexibility index (Phi) is 4.89. The van der Waals surface area contributed by atoms with Crippen molar-refractivity contribution in [3.05, 3.63) is 77.9 Å². The lowest BCUT2D eigenvalue weighted by Crippen LogP contribution is -2.30. The fourth-order valence-corrected chi connectivity index (χ4v) is 3.48. The standard InChI is InChI=1S/C23H21N3O2/c1-16-9-11-20(12-10-16)26-15-19(13-22(26)27)23(28)25-24-14-18-7-4-6-17-5-2-3-8-21(17)18/h2-12,14,19H,13,15H2,1H3,(H,25,28)/b24-14+/t19-/m1/s1. The van der Waals surface area contributed by atoms with Crippen molar-refractivity contribution in [3.63, 3.8) is 0 Å². The molecule has 1 fully saturated rings. The Labute approximate surface area is 163 Å². The zero-order valence-electron chi connectivity index (χ0n) is 15.6. The number of aryl methyl sites for hydroxylation is 1. The Bertz CT molecular complexity index is 1050. The van der Waals surface area contributed by atoms with Crippen molar-refractivity contribution in [2.24, 2.45) is 11.0 Å². The van der Waals surface area contributed by atoms with Gasteiger partial charge in [-0.15, -0.1) is 0 Å². The van der Waals surface area contributed by atoms with E-state index in [0.29, 0.717) is 6.54 Å². The Morgan fingerprint density at radius 2 is 1.82 bits per heavy atom. The molecule has 2 amide bonds. The lowest BCUT2D eigenvalue weighted by molar-refractivity contribution is -0.126. The number of carbonyl (C=O) groups excluding carboxylic acids is 2. The average molecular weight is 371 g/mol. The van der Waals surface area contributed by atoms with Crippen LogP contribution in [0, 0.1) is 12.8 Å². The quantitative estimate of drug-likeness (QED) is 0.562. The number of hydrogen-bond donors (Lipinski definition) is 1. The van der Waals surface area contributed by atoms with Gasteiger partial charge in [0, 0.05) is 24.2 Å². The first-order chi connectivity index (χ1) is 13.6. The van der Waals surface area contributed by atoms with Gasteiger partial charge >= 0.3 is 0 Å². The van der Waals surface area contributed by atoms with Crippen molar-refractivity contribution in [3.8, 4) is 0 Å². The van der Waals surface area contributed by atoms with Gasteiger partial charge in [-0.1, -0.05) is 60.2 Å². The molecule has 28 heavy (non-hydrogen) atoms. The summed E-state index contributed by atoms with van der Waals surface area (Å²) in [4.78, 5) is 26.5. The number of amides is 2. The lowest BCUT2D eigenvalue weighted by atomic mass is 10.1. The molecule has 3 aromatic carbocycles. The first kappa shape index (κ1) is 17.9. The molecule has 140 valence electrons. The van der Waals surface area contributed by atoms with Gasteiger partial charge in [-0.25, -0.2) is 5.43 Å². The average Bonchev–Trinajstić information content (AvgIpc) is 3.10. The molecular weight excluding hydrogens is 350 g/mol. The number of nitrogens with one attached hydrogen (secondary N) is 1. The summed E-state index contributed by atoms with van der Waals surface area (Å²) in [6, 6.07) is 21.7. The predicted molar refractivity (Wildman–Crippen MR) is 111 cm³/mol. The summed E-state index contributed by atoms with van der Waals surface area (Å²) in [6.07, 6.45) is 1.85. The minimum Gasteiger partial charge on any atom is -0.312 e. The maximum absolute atomic E-state index is 12.5. The molecule has 1 aliphatic heterocycles. The highest BCUT2D eigenvalue weighted by atomic mass is 16.2. The molecule has 4 rings (SSSR count). The molecule has 0 aromatic heterocycles. The third kappa shape index (κ3) is 3.64. The summed E-state index contributed by atoms with van der Waals surface area (Å²) in [5.41, 5.74) is 5.48. The summed E-state index contributed by atoms with van der Waals surface area (Å²) >= 11 is 0. The van der Waals surface area contributed by atoms with Crippen LogP contribution in [0.3, 0.4) is 0 Å². The zero-order chi connectivity index (χ0) is 19.5. The van der Waals surface area contributed by atoms with Gasteiger partial charge in [0.25, 0.3) is 0 Å². The topological polar surface area (TPSA) is 61.8 Å². The molecule has 0 spiro atoms. The SMILES string of the molecule is Cc1ccc(N2C[C@H](C(=O)N/N=C/c3cccc4ccccc34)CC2=O)cc1. The molecule has 1 saturated heterocycles. The van der Waals surface area contributed by atoms with Crippen molar-refractivity contribution in [2.75, 3.05) is 11.4 Å². The van der Waals surface area contributed by atoms with E-state index < -0.39 is 5.92 Å². The summed E-state index contributed by atoms with van der Waals surface area (Å²) in [5.74, 6) is -0.681. The Hall–Kier alpha value is -3.47. The molecule has 5 nitrogen and oxygen atoms in total. The fourth-order valence-electron chi connectivity index (χ4n) is 3.48. The van der Waals surface area contributed by atoms with Gasteiger partial charge in [0.15, 0.2) is 0 Å². The Balaban J connectivity index is 1.42. The highest BCUT2D eigenvalue weighted by Crippen LogP contribution is 2.25. The molecule has 5 heteroatoms. The number of hydrazone groups is 1. The van der Waals surface area contributed by atoms with Gasteiger partial charge in [-0.3, -0.25) is 9.59 Å². The molecule has 0 saturated carbocycles. The number of fused-ring (bicyclic) bond motifs is 1. The van der Waals surface area contributed by atoms with Crippen LogP contribution in [0.4, 0.5) is 5.69 Å². The number of carbonyl (C=O) groups is 2. The summed E-state index contributed by atoms with van der Waals surface area (Å²) in [5, 5.41) is 6.31. The number of benzene rings is 3. The molecule has 3 aromatic rings. The van der Waals surface area contributed by atoms with E-state index in [2.05, 4.69) is 10.5 Å². The minimum atomic E-state index is -0.404. The molecule has 1 N–H and O–H groups in total. The predicted octanol–water partition coefficient (Wildman–Crippen LogP) is 3.65. The molecule has 0 aliphatic carbocycles. The van der Waals surface area contributed by atoms with E-state index in [9.17, 15) is 9.59 Å². The number of anilines is 1. The van der Waals surface area contributed by atoms with Crippen molar-refractivity contribution in [2.45, 2.75) is 13.3 Å². The molecule has 1 atom stereocenters. The molecule has 1 aliphatic rings. The third-order valence-electron chi connectivity index (χ3n) is 5.04. The normalized spacial score (nSPS) is 16.8. The van der Waals surface area contributed by atoms with Crippen LogP contribution >= 0.6 is 0 Å². The van der Waals surface area contributed by atoms with E-state index in [-0.39, 0.29) is 18.2 Å². The van der Waals surface area contributed by atoms with Crippen LogP contribution in [0.15, 0.2) is 71.8 Å². The van der Waals surface area contributed by atoms with Crippen LogP contribution in [0.5, 0.6) is 0 Å². The third-order valence-corrected chi connectivity index (χ3v) is 5.04. The zero-order valence-corrected chi connectivity index (χ0v) is 15.6. The van der Waals surface area contributed by atoms with Crippen LogP contribution in [-0.2, 0) is 9.59 Å². The maximum atomic E-state index is 12.5. The Morgan fingerprint density at radius 3 is 2.64 bits per heavy atom. The van der Waals surface area contributed by atoms with Crippen molar-refractivity contribution >= 4 is 34.5 Å². The number of rotatable bonds is 4. The highest BCUT2D eigenvalue weighted by Gasteiger charge is 2.35. The van der Waals surface area contributed by atoms with E-state index in [1.165, 1.54) is 0 Å². The molecule has 0 bridgehead atoms. The van der Waals surface area contributed by atoms with E-state index in [1.807, 2.05) is 73.7 Å². The van der Waals surface area contributed by atoms with Gasteiger partial charge < -0.3 is 4.90 Å². The van der Waals surface area contributed by atoms with Gasteiger partial charge in [-0.2, -0.15) is 5.10 Å². The Morgan fingerprint density at radius 1 is 1.07 bits per heavy atom. The second-order valence-electron chi connectivity index (χ2n) is 7.04. The van der Waals surface area contributed by atoms with Crippen LogP contribution < -0.4 is 10.3 Å². The maximum Gasteiger partial charge on any atom is 0.245 e. The van der Waals surface area contributed by atoms with Gasteiger partial charge in [-0.05, 0) is 29.8 Å². The van der Waals surface area contributed by atoms with Gasteiger partial charge in [0.2, 0.25) is 11.8 Å². The second kappa shape index (κ2) is 7.64. The number of hydrogen-bond acceptors (Lipinski definition) is 3. The van der Waals surface area contributed by atoms with Gasteiger partial charge in [0.05, 0.1) is 12.1 Å². The van der Waals surface area contributed by atoms with Crippen molar-refractivity contribution in [1.82, 2.24) is 5.43 Å². The van der Waals surface area contributed by atoms with Crippen LogP contribution in [-0.4, -0.2) is 24.6 Å². The van der Waals surface area contributed by atoms with Crippen LogP contribution in [0.2, 0.25) is 0 Å². The second-order valence-corrected chi connectivity index (χ2v) is 7.04. The summed E-state index contributed by atoms with van der Waals surface area (Å²) in [6.45, 7) is 2.37. The smallest absolute Gasteiger partial charge is 0.245 e. The van der Waals surface area contributed by atoms with E-state index in [1.54, 1.807) is 11.1 Å². The molecule has 1 heterocycles. The van der Waals surface area contributed by atoms with Crippen molar-refractivity contribution < 1.29 is 9.59 Å². The van der Waals surface area contributed by atoms with E-state index in [4.69, 9.17) is 0 Å². The van der Waals surface area contributed by atoms with E-state index in [0.717, 1.165) is 27.6 Å². The largest absolute Gasteiger partial charge is 0.312 e. The first-order valence-electron chi connectivity index (χ1n) is 9.29. The summed E-state index contributed by atoms with van der Waals surface area (Å²) in [7, 11) is 0. The number of nitrogens with zero attached hydrogens (tertiary/aromatic N) is 2. The molecule has 0 unspecified atom stereocenters. The molecule has 0 radical (unpaired) electrons.